The van der Waals surface area contributed by atoms with Crippen LogP contribution < -0.4 is 0 Å². The molecule has 0 saturated carbocycles. The highest BCUT2D eigenvalue weighted by Gasteiger charge is 2.30. The van der Waals surface area contributed by atoms with Crippen LogP contribution in [0, 0.1) is 13.8 Å². The SMILES string of the molecule is CCOC(=O)[C@@H]1CCCCN1Cc1nc2c(C)c(C)ccc2[nH]1. The first-order valence-electron chi connectivity index (χ1n) is 8.45. The minimum Gasteiger partial charge on any atom is -0.465 e. The molecule has 3 rings (SSSR count). The van der Waals surface area contributed by atoms with Crippen molar-refractivity contribution in [3.63, 3.8) is 0 Å². The first kappa shape index (κ1) is 16.0. The maximum Gasteiger partial charge on any atom is 0.323 e. The number of esters is 1. The summed E-state index contributed by atoms with van der Waals surface area (Å²) >= 11 is 0. The largest absolute Gasteiger partial charge is 0.465 e. The van der Waals surface area contributed by atoms with Gasteiger partial charge in [-0.15, -0.1) is 0 Å². The Bertz CT molecular complexity index is 708. The molecule has 1 aromatic carbocycles. The summed E-state index contributed by atoms with van der Waals surface area (Å²) in [6, 6.07) is 4.05. The lowest BCUT2D eigenvalue weighted by atomic mass is 10.0. The predicted molar refractivity (Wildman–Crippen MR) is 90.2 cm³/mol. The smallest absolute Gasteiger partial charge is 0.323 e. The first-order chi connectivity index (χ1) is 11.1. The Labute approximate surface area is 137 Å². The summed E-state index contributed by atoms with van der Waals surface area (Å²) in [5, 5.41) is 0. The summed E-state index contributed by atoms with van der Waals surface area (Å²) in [5.41, 5.74) is 4.56. The third-order valence-corrected chi connectivity index (χ3v) is 4.75. The molecule has 2 aromatic rings. The fraction of sp³-hybridized carbons (Fsp3) is 0.556. The maximum atomic E-state index is 12.2. The van der Waals surface area contributed by atoms with Crippen LogP contribution in [-0.4, -0.2) is 40.0 Å². The molecule has 0 unspecified atom stereocenters. The van der Waals surface area contributed by atoms with Crippen LogP contribution >= 0.6 is 0 Å². The third kappa shape index (κ3) is 3.24. The highest BCUT2D eigenvalue weighted by Crippen LogP contribution is 2.23. The van der Waals surface area contributed by atoms with E-state index in [0.717, 1.165) is 42.7 Å². The van der Waals surface area contributed by atoms with Crippen LogP contribution in [0.5, 0.6) is 0 Å². The summed E-state index contributed by atoms with van der Waals surface area (Å²) in [6.45, 7) is 8.08. The fourth-order valence-electron chi connectivity index (χ4n) is 3.32. The van der Waals surface area contributed by atoms with Crippen LogP contribution in [0.3, 0.4) is 0 Å². The minimum atomic E-state index is -0.139. The molecule has 1 aromatic heterocycles. The van der Waals surface area contributed by atoms with Gasteiger partial charge in [0.05, 0.1) is 24.2 Å². The van der Waals surface area contributed by atoms with Crippen molar-refractivity contribution in [3.05, 3.63) is 29.1 Å². The van der Waals surface area contributed by atoms with Crippen molar-refractivity contribution in [1.82, 2.24) is 14.9 Å². The lowest BCUT2D eigenvalue weighted by Crippen LogP contribution is -2.45. The van der Waals surface area contributed by atoms with E-state index in [4.69, 9.17) is 9.72 Å². The van der Waals surface area contributed by atoms with Crippen molar-refractivity contribution in [3.8, 4) is 0 Å². The predicted octanol–water partition coefficient (Wildman–Crippen LogP) is 3.10. The van der Waals surface area contributed by atoms with E-state index in [1.165, 1.54) is 11.1 Å². The van der Waals surface area contributed by atoms with E-state index in [2.05, 4.69) is 35.9 Å². The van der Waals surface area contributed by atoms with Crippen LogP contribution in [-0.2, 0) is 16.1 Å². The summed E-state index contributed by atoms with van der Waals surface area (Å²) in [5.74, 6) is 0.820. The van der Waals surface area contributed by atoms with Gasteiger partial charge in [0.1, 0.15) is 11.9 Å². The van der Waals surface area contributed by atoms with Crippen molar-refractivity contribution in [1.29, 1.82) is 0 Å². The number of H-pyrrole nitrogens is 1. The third-order valence-electron chi connectivity index (χ3n) is 4.75. The number of rotatable bonds is 4. The molecule has 1 saturated heterocycles. The molecule has 124 valence electrons. The number of nitrogens with one attached hydrogen (secondary N) is 1. The Hall–Kier alpha value is -1.88. The molecule has 5 heteroatoms. The monoisotopic (exact) mass is 315 g/mol. The summed E-state index contributed by atoms with van der Waals surface area (Å²) in [7, 11) is 0. The molecule has 0 bridgehead atoms. The fourth-order valence-corrected chi connectivity index (χ4v) is 3.32. The molecule has 0 amide bonds. The maximum absolute atomic E-state index is 12.2. The Kier molecular flexibility index (Phi) is 4.66. The Morgan fingerprint density at radius 2 is 2.22 bits per heavy atom. The second-order valence-corrected chi connectivity index (χ2v) is 6.32. The highest BCUT2D eigenvalue weighted by atomic mass is 16.5. The number of fused-ring (bicyclic) bond motifs is 1. The van der Waals surface area contributed by atoms with E-state index >= 15 is 0 Å². The number of ether oxygens (including phenoxy) is 1. The second-order valence-electron chi connectivity index (χ2n) is 6.32. The van der Waals surface area contributed by atoms with Gasteiger partial charge in [0.25, 0.3) is 0 Å². The Balaban J connectivity index is 1.82. The number of hydrogen-bond acceptors (Lipinski definition) is 4. The van der Waals surface area contributed by atoms with Gasteiger partial charge in [-0.25, -0.2) is 4.98 Å². The van der Waals surface area contributed by atoms with Crippen LogP contribution in [0.1, 0.15) is 43.1 Å². The van der Waals surface area contributed by atoms with E-state index < -0.39 is 0 Å². The van der Waals surface area contributed by atoms with Gasteiger partial charge in [0.2, 0.25) is 0 Å². The van der Waals surface area contributed by atoms with Gasteiger partial charge in [-0.1, -0.05) is 12.5 Å². The van der Waals surface area contributed by atoms with Crippen LogP contribution in [0.15, 0.2) is 12.1 Å². The lowest BCUT2D eigenvalue weighted by molar-refractivity contribution is -0.151. The molecule has 1 aliphatic rings. The van der Waals surface area contributed by atoms with Crippen molar-refractivity contribution in [2.24, 2.45) is 0 Å². The van der Waals surface area contributed by atoms with E-state index in [1.54, 1.807) is 0 Å². The number of aromatic amines is 1. The lowest BCUT2D eigenvalue weighted by Gasteiger charge is -2.33. The molecule has 2 heterocycles. The quantitative estimate of drug-likeness (QED) is 0.881. The van der Waals surface area contributed by atoms with Gasteiger partial charge in [-0.05, 0) is 57.4 Å². The standard InChI is InChI=1S/C18H25N3O2/c1-4-23-18(22)15-7-5-6-10-21(15)11-16-19-14-9-8-12(2)13(3)17(14)20-16/h8-9,15H,4-7,10-11H2,1-3H3,(H,19,20)/t15-/m0/s1. The Morgan fingerprint density at radius 1 is 1.39 bits per heavy atom. The van der Waals surface area contributed by atoms with Crippen molar-refractivity contribution in [2.75, 3.05) is 13.2 Å². The van der Waals surface area contributed by atoms with Gasteiger partial charge in [-0.3, -0.25) is 9.69 Å². The number of likely N-dealkylation sites (tertiary alicyclic amines) is 1. The normalized spacial score (nSPS) is 19.2. The molecule has 0 radical (unpaired) electrons. The topological polar surface area (TPSA) is 58.2 Å². The molecule has 1 atom stereocenters. The number of hydrogen-bond donors (Lipinski definition) is 1. The van der Waals surface area contributed by atoms with Crippen LogP contribution in [0.2, 0.25) is 0 Å². The molecule has 0 spiro atoms. The van der Waals surface area contributed by atoms with Crippen LogP contribution in [0.4, 0.5) is 0 Å². The van der Waals surface area contributed by atoms with Crippen LogP contribution in [0.25, 0.3) is 11.0 Å². The average molecular weight is 315 g/mol. The zero-order valence-corrected chi connectivity index (χ0v) is 14.2. The summed E-state index contributed by atoms with van der Waals surface area (Å²) in [4.78, 5) is 22.5. The van der Waals surface area contributed by atoms with Gasteiger partial charge >= 0.3 is 5.97 Å². The second kappa shape index (κ2) is 6.71. The molecule has 1 aliphatic heterocycles. The first-order valence-corrected chi connectivity index (χ1v) is 8.45. The molecule has 23 heavy (non-hydrogen) atoms. The van der Waals surface area contributed by atoms with Gasteiger partial charge in [-0.2, -0.15) is 0 Å². The van der Waals surface area contributed by atoms with Gasteiger partial charge < -0.3 is 9.72 Å². The molecular formula is C18H25N3O2. The molecule has 5 nitrogen and oxygen atoms in total. The van der Waals surface area contributed by atoms with Gasteiger partial charge in [0, 0.05) is 0 Å². The minimum absolute atomic E-state index is 0.102. The number of carbonyl (C=O) groups excluding carboxylic acids is 1. The number of aryl methyl sites for hydroxylation is 2. The van der Waals surface area contributed by atoms with E-state index in [-0.39, 0.29) is 12.0 Å². The highest BCUT2D eigenvalue weighted by molar-refractivity contribution is 5.80. The van der Waals surface area contributed by atoms with Gasteiger partial charge in [0.15, 0.2) is 0 Å². The number of carbonyl (C=O) groups is 1. The van der Waals surface area contributed by atoms with Crippen molar-refractivity contribution < 1.29 is 9.53 Å². The summed E-state index contributed by atoms with van der Waals surface area (Å²) < 4.78 is 5.23. The molecule has 1 fully saturated rings. The molecule has 1 N–H and O–H groups in total. The van der Waals surface area contributed by atoms with Crippen molar-refractivity contribution >= 4 is 17.0 Å². The number of benzene rings is 1. The molecule has 0 aliphatic carbocycles. The summed E-state index contributed by atoms with van der Waals surface area (Å²) in [6.07, 6.45) is 3.07. The average Bonchev–Trinajstić information content (AvgIpc) is 2.95. The van der Waals surface area contributed by atoms with E-state index in [9.17, 15) is 4.79 Å². The number of aromatic nitrogens is 2. The Morgan fingerprint density at radius 3 is 3.00 bits per heavy atom. The zero-order chi connectivity index (χ0) is 16.4. The van der Waals surface area contributed by atoms with E-state index in [1.807, 2.05) is 6.92 Å². The van der Waals surface area contributed by atoms with E-state index in [0.29, 0.717) is 13.2 Å². The number of nitrogens with zero attached hydrogens (tertiary/aromatic N) is 2. The molecular weight excluding hydrogens is 290 g/mol. The number of imidazole rings is 1. The van der Waals surface area contributed by atoms with Crippen molar-refractivity contribution in [2.45, 2.75) is 52.6 Å². The number of piperidine rings is 1. The zero-order valence-electron chi connectivity index (χ0n) is 14.2.